The van der Waals surface area contributed by atoms with Crippen molar-refractivity contribution in [2.45, 2.75) is 25.8 Å². The molecule has 31 heavy (non-hydrogen) atoms. The normalized spacial score (nSPS) is 15.0. The third-order valence-corrected chi connectivity index (χ3v) is 6.68. The molecule has 1 aliphatic rings. The van der Waals surface area contributed by atoms with Gasteiger partial charge in [0.15, 0.2) is 6.61 Å². The third-order valence-electron chi connectivity index (χ3n) is 5.82. The topological polar surface area (TPSA) is 41.6 Å². The quantitative estimate of drug-likeness (QED) is 0.529. The van der Waals surface area contributed by atoms with E-state index in [2.05, 4.69) is 45.9 Å². The van der Waals surface area contributed by atoms with E-state index in [0.717, 1.165) is 56.8 Å². The Hall–Kier alpha value is -2.63. The maximum absolute atomic E-state index is 12.4. The number of amides is 1. The van der Waals surface area contributed by atoms with Crippen molar-refractivity contribution in [2.24, 2.45) is 5.92 Å². The number of ether oxygens (including phenoxy) is 1. The average molecular weight is 435 g/mol. The van der Waals surface area contributed by atoms with Crippen LogP contribution in [0.15, 0.2) is 72.1 Å². The van der Waals surface area contributed by atoms with Crippen LogP contribution in [0.3, 0.4) is 0 Å². The van der Waals surface area contributed by atoms with Crippen LogP contribution in [0.4, 0.5) is 0 Å². The Morgan fingerprint density at radius 2 is 1.77 bits per heavy atom. The van der Waals surface area contributed by atoms with E-state index < -0.39 is 0 Å². The fourth-order valence-corrected chi connectivity index (χ4v) is 4.78. The number of piperidine rings is 1. The standard InChI is InChI=1S/C26H30N2O2S/c29-26(27-18-22-12-14-28(15-13-22)19-24-10-6-16-31-24)20-30-25-11-5-4-9-23(25)17-21-7-2-1-3-8-21/h1-11,16,22H,12-15,17-20H2,(H,27,29). The van der Waals surface area contributed by atoms with Crippen LogP contribution in [0.25, 0.3) is 0 Å². The zero-order valence-electron chi connectivity index (χ0n) is 17.8. The van der Waals surface area contributed by atoms with Gasteiger partial charge in [-0.2, -0.15) is 0 Å². The molecule has 1 N–H and O–H groups in total. The van der Waals surface area contributed by atoms with Crippen molar-refractivity contribution in [1.29, 1.82) is 0 Å². The summed E-state index contributed by atoms with van der Waals surface area (Å²) in [4.78, 5) is 16.3. The highest BCUT2D eigenvalue weighted by molar-refractivity contribution is 7.09. The summed E-state index contributed by atoms with van der Waals surface area (Å²) in [6, 6.07) is 22.6. The van der Waals surface area contributed by atoms with Crippen molar-refractivity contribution in [2.75, 3.05) is 26.2 Å². The Morgan fingerprint density at radius 1 is 1.00 bits per heavy atom. The summed E-state index contributed by atoms with van der Waals surface area (Å²) >= 11 is 1.82. The van der Waals surface area contributed by atoms with Crippen LogP contribution in [0.2, 0.25) is 0 Å². The summed E-state index contributed by atoms with van der Waals surface area (Å²) in [6.45, 7) is 4.04. The number of nitrogens with zero attached hydrogens (tertiary/aromatic N) is 1. The highest BCUT2D eigenvalue weighted by Gasteiger charge is 2.20. The van der Waals surface area contributed by atoms with Crippen LogP contribution < -0.4 is 10.1 Å². The maximum atomic E-state index is 12.4. The Morgan fingerprint density at radius 3 is 2.55 bits per heavy atom. The van der Waals surface area contributed by atoms with Gasteiger partial charge < -0.3 is 10.1 Å². The predicted octanol–water partition coefficient (Wildman–Crippen LogP) is 4.75. The molecule has 0 radical (unpaired) electrons. The lowest BCUT2D eigenvalue weighted by atomic mass is 9.97. The molecule has 0 saturated carbocycles. The van der Waals surface area contributed by atoms with Crippen LogP contribution in [0, 0.1) is 5.92 Å². The molecule has 0 atom stereocenters. The Balaban J connectivity index is 1.18. The molecule has 1 amide bonds. The molecule has 5 heteroatoms. The van der Waals surface area contributed by atoms with Gasteiger partial charge in [0.1, 0.15) is 5.75 Å². The van der Waals surface area contributed by atoms with E-state index in [4.69, 9.17) is 4.74 Å². The minimum atomic E-state index is -0.0458. The molecule has 4 rings (SSSR count). The molecule has 1 aromatic heterocycles. The summed E-state index contributed by atoms with van der Waals surface area (Å²) in [6.07, 6.45) is 3.06. The summed E-state index contributed by atoms with van der Waals surface area (Å²) < 4.78 is 5.87. The number of para-hydroxylation sites is 1. The van der Waals surface area contributed by atoms with Gasteiger partial charge in [-0.25, -0.2) is 0 Å². The molecule has 1 saturated heterocycles. The maximum Gasteiger partial charge on any atom is 0.257 e. The lowest BCUT2D eigenvalue weighted by Crippen LogP contribution is -2.39. The van der Waals surface area contributed by atoms with Crippen LogP contribution >= 0.6 is 11.3 Å². The number of thiophene rings is 1. The molecule has 4 nitrogen and oxygen atoms in total. The first-order valence-electron chi connectivity index (χ1n) is 11.0. The molecule has 3 aromatic rings. The SMILES string of the molecule is O=C(COc1ccccc1Cc1ccccc1)NCC1CCN(Cc2cccs2)CC1. The monoisotopic (exact) mass is 434 g/mol. The van der Waals surface area contributed by atoms with Crippen LogP contribution in [0.1, 0.15) is 28.8 Å². The average Bonchev–Trinajstić information content (AvgIpc) is 3.32. The van der Waals surface area contributed by atoms with Gasteiger partial charge in [-0.1, -0.05) is 54.6 Å². The van der Waals surface area contributed by atoms with Gasteiger partial charge in [0.25, 0.3) is 5.91 Å². The van der Waals surface area contributed by atoms with Crippen molar-refractivity contribution in [3.8, 4) is 5.75 Å². The number of likely N-dealkylation sites (tertiary alicyclic amines) is 1. The van der Waals surface area contributed by atoms with Gasteiger partial charge in [0.2, 0.25) is 0 Å². The zero-order valence-corrected chi connectivity index (χ0v) is 18.7. The van der Waals surface area contributed by atoms with Crippen molar-refractivity contribution >= 4 is 17.2 Å². The van der Waals surface area contributed by atoms with Crippen LogP contribution in [-0.4, -0.2) is 37.0 Å². The molecule has 0 bridgehead atoms. The summed E-state index contributed by atoms with van der Waals surface area (Å²) in [7, 11) is 0. The van der Waals surface area contributed by atoms with Crippen molar-refractivity contribution in [1.82, 2.24) is 10.2 Å². The smallest absolute Gasteiger partial charge is 0.257 e. The summed E-state index contributed by atoms with van der Waals surface area (Å²) in [5, 5.41) is 5.21. The Bertz CT molecular complexity index is 935. The lowest BCUT2D eigenvalue weighted by molar-refractivity contribution is -0.123. The first-order chi connectivity index (χ1) is 15.3. The van der Waals surface area contributed by atoms with Crippen LogP contribution in [-0.2, 0) is 17.8 Å². The molecule has 162 valence electrons. The first kappa shape index (κ1) is 21.6. The van der Waals surface area contributed by atoms with E-state index >= 15 is 0 Å². The molecule has 0 unspecified atom stereocenters. The number of benzene rings is 2. The van der Waals surface area contributed by atoms with E-state index in [9.17, 15) is 4.79 Å². The number of carbonyl (C=O) groups excluding carboxylic acids is 1. The van der Waals surface area contributed by atoms with Gasteiger partial charge >= 0.3 is 0 Å². The molecule has 1 aliphatic heterocycles. The number of nitrogens with one attached hydrogen (secondary N) is 1. The Labute approximate surface area is 188 Å². The zero-order chi connectivity index (χ0) is 21.3. The van der Waals surface area contributed by atoms with Gasteiger partial charge in [-0.05, 0) is 60.5 Å². The molecular formula is C26H30N2O2S. The minimum absolute atomic E-state index is 0.0458. The van der Waals surface area contributed by atoms with Crippen molar-refractivity contribution in [3.63, 3.8) is 0 Å². The third kappa shape index (κ3) is 6.68. The van der Waals surface area contributed by atoms with Crippen molar-refractivity contribution < 1.29 is 9.53 Å². The second-order valence-electron chi connectivity index (χ2n) is 8.16. The highest BCUT2D eigenvalue weighted by Crippen LogP contribution is 2.22. The number of rotatable bonds is 9. The van der Waals surface area contributed by atoms with E-state index in [1.54, 1.807) is 0 Å². The molecule has 0 aliphatic carbocycles. The highest BCUT2D eigenvalue weighted by atomic mass is 32.1. The Kier molecular flexibility index (Phi) is 7.75. The van der Waals surface area contributed by atoms with E-state index in [1.165, 1.54) is 10.4 Å². The molecule has 1 fully saturated rings. The van der Waals surface area contributed by atoms with Crippen LogP contribution in [0.5, 0.6) is 5.75 Å². The second kappa shape index (κ2) is 11.1. The van der Waals surface area contributed by atoms with E-state index in [-0.39, 0.29) is 12.5 Å². The molecule has 2 heterocycles. The lowest BCUT2D eigenvalue weighted by Gasteiger charge is -2.31. The molecule has 2 aromatic carbocycles. The van der Waals surface area contributed by atoms with Gasteiger partial charge in [-0.3, -0.25) is 9.69 Å². The fraction of sp³-hybridized carbons (Fsp3) is 0.346. The van der Waals surface area contributed by atoms with Crippen molar-refractivity contribution in [3.05, 3.63) is 88.1 Å². The number of hydrogen-bond acceptors (Lipinski definition) is 4. The number of carbonyl (C=O) groups is 1. The van der Waals surface area contributed by atoms with E-state index in [0.29, 0.717) is 5.92 Å². The molecule has 0 spiro atoms. The van der Waals surface area contributed by atoms with E-state index in [1.807, 2.05) is 47.7 Å². The largest absolute Gasteiger partial charge is 0.483 e. The molecular weight excluding hydrogens is 404 g/mol. The minimum Gasteiger partial charge on any atom is -0.483 e. The predicted molar refractivity (Wildman–Crippen MR) is 127 cm³/mol. The summed E-state index contributed by atoms with van der Waals surface area (Å²) in [5.41, 5.74) is 2.33. The van der Waals surface area contributed by atoms with Gasteiger partial charge in [0, 0.05) is 24.4 Å². The number of hydrogen-bond donors (Lipinski definition) is 1. The van der Waals surface area contributed by atoms with Gasteiger partial charge in [0.05, 0.1) is 0 Å². The fourth-order valence-electron chi connectivity index (χ4n) is 4.03. The second-order valence-corrected chi connectivity index (χ2v) is 9.19. The first-order valence-corrected chi connectivity index (χ1v) is 11.9. The van der Waals surface area contributed by atoms with Gasteiger partial charge in [-0.15, -0.1) is 11.3 Å². The summed E-state index contributed by atoms with van der Waals surface area (Å²) in [5.74, 6) is 1.29.